The molecular weight excluding hydrogens is 285 g/mol. The maximum absolute atomic E-state index is 12.4. The molecule has 0 aromatic carbocycles. The SMILES string of the molecule is CCn1cccc(NCc2nccn2CC(F)(F)F)c1=O. The van der Waals surface area contributed by atoms with E-state index in [1.165, 1.54) is 17.0 Å². The van der Waals surface area contributed by atoms with Gasteiger partial charge in [-0.3, -0.25) is 4.79 Å². The zero-order valence-electron chi connectivity index (χ0n) is 11.4. The van der Waals surface area contributed by atoms with Crippen LogP contribution in [-0.2, 0) is 19.6 Å². The molecule has 8 heteroatoms. The molecule has 0 saturated heterocycles. The summed E-state index contributed by atoms with van der Waals surface area (Å²) in [5, 5.41) is 2.83. The van der Waals surface area contributed by atoms with Gasteiger partial charge in [0, 0.05) is 25.1 Å². The van der Waals surface area contributed by atoms with E-state index in [2.05, 4.69) is 10.3 Å². The van der Waals surface area contributed by atoms with Crippen LogP contribution in [0, 0.1) is 0 Å². The van der Waals surface area contributed by atoms with Crippen molar-refractivity contribution in [3.8, 4) is 0 Å². The fourth-order valence-electron chi connectivity index (χ4n) is 1.94. The molecule has 114 valence electrons. The Kier molecular flexibility index (Phi) is 4.35. The van der Waals surface area contributed by atoms with Crippen molar-refractivity contribution in [3.63, 3.8) is 0 Å². The van der Waals surface area contributed by atoms with Crippen molar-refractivity contribution >= 4 is 5.69 Å². The number of aryl methyl sites for hydroxylation is 1. The van der Waals surface area contributed by atoms with Crippen LogP contribution in [0.2, 0.25) is 0 Å². The summed E-state index contributed by atoms with van der Waals surface area (Å²) in [6.07, 6.45) is -0.0901. The summed E-state index contributed by atoms with van der Waals surface area (Å²) in [5.41, 5.74) is 0.120. The molecule has 0 aliphatic rings. The Labute approximate surface area is 119 Å². The first kappa shape index (κ1) is 15.1. The molecule has 2 aromatic rings. The van der Waals surface area contributed by atoms with Gasteiger partial charge in [0.15, 0.2) is 0 Å². The minimum absolute atomic E-state index is 0.0477. The van der Waals surface area contributed by atoms with Crippen molar-refractivity contribution in [1.29, 1.82) is 0 Å². The molecule has 21 heavy (non-hydrogen) atoms. The number of rotatable bonds is 5. The molecular formula is C13H15F3N4O. The number of nitrogens with one attached hydrogen (secondary N) is 1. The molecule has 1 N–H and O–H groups in total. The number of pyridine rings is 1. The molecule has 2 aromatic heterocycles. The summed E-state index contributed by atoms with van der Waals surface area (Å²) in [6.45, 7) is 1.31. The van der Waals surface area contributed by atoms with Gasteiger partial charge in [-0.2, -0.15) is 13.2 Å². The monoisotopic (exact) mass is 300 g/mol. The molecule has 0 radical (unpaired) electrons. The summed E-state index contributed by atoms with van der Waals surface area (Å²) >= 11 is 0. The number of aromatic nitrogens is 3. The fraction of sp³-hybridized carbons (Fsp3) is 0.385. The zero-order valence-corrected chi connectivity index (χ0v) is 11.4. The Hall–Kier alpha value is -2.25. The Morgan fingerprint density at radius 3 is 2.71 bits per heavy atom. The molecule has 2 rings (SSSR count). The normalized spacial score (nSPS) is 11.6. The van der Waals surface area contributed by atoms with Crippen LogP contribution in [0.1, 0.15) is 12.7 Å². The van der Waals surface area contributed by atoms with Gasteiger partial charge in [-0.1, -0.05) is 0 Å². The van der Waals surface area contributed by atoms with Crippen LogP contribution in [0.25, 0.3) is 0 Å². The fourth-order valence-corrected chi connectivity index (χ4v) is 1.94. The molecule has 0 spiro atoms. The quantitative estimate of drug-likeness (QED) is 0.921. The van der Waals surface area contributed by atoms with Crippen molar-refractivity contribution in [2.45, 2.75) is 32.7 Å². The lowest BCUT2D eigenvalue weighted by Crippen LogP contribution is -2.23. The highest BCUT2D eigenvalue weighted by Gasteiger charge is 2.28. The van der Waals surface area contributed by atoms with Crippen molar-refractivity contribution < 1.29 is 13.2 Å². The summed E-state index contributed by atoms with van der Waals surface area (Å²) in [4.78, 5) is 15.8. The minimum Gasteiger partial charge on any atom is -0.373 e. The maximum atomic E-state index is 12.4. The number of halogens is 3. The van der Waals surface area contributed by atoms with Gasteiger partial charge in [0.1, 0.15) is 18.1 Å². The topological polar surface area (TPSA) is 51.9 Å². The second kappa shape index (κ2) is 6.02. The lowest BCUT2D eigenvalue weighted by atomic mass is 10.4. The second-order valence-corrected chi connectivity index (χ2v) is 4.45. The van der Waals surface area contributed by atoms with Crippen molar-refractivity contribution in [2.24, 2.45) is 0 Å². The molecule has 5 nitrogen and oxygen atoms in total. The Morgan fingerprint density at radius 1 is 1.29 bits per heavy atom. The highest BCUT2D eigenvalue weighted by atomic mass is 19.4. The average Bonchev–Trinajstić information content (AvgIpc) is 2.82. The van der Waals surface area contributed by atoms with Gasteiger partial charge in [-0.25, -0.2) is 4.98 Å². The Balaban J connectivity index is 2.11. The molecule has 2 heterocycles. The van der Waals surface area contributed by atoms with Crippen LogP contribution < -0.4 is 10.9 Å². The Bertz CT molecular complexity index is 660. The van der Waals surface area contributed by atoms with Crippen LogP contribution in [-0.4, -0.2) is 20.3 Å². The van der Waals surface area contributed by atoms with Crippen LogP contribution in [0.4, 0.5) is 18.9 Å². The number of imidazole rings is 1. The van der Waals surface area contributed by atoms with E-state index in [0.29, 0.717) is 12.2 Å². The molecule has 0 saturated carbocycles. The third-order valence-corrected chi connectivity index (χ3v) is 2.95. The minimum atomic E-state index is -4.31. The van der Waals surface area contributed by atoms with E-state index in [0.717, 1.165) is 4.57 Å². The second-order valence-electron chi connectivity index (χ2n) is 4.45. The van der Waals surface area contributed by atoms with Crippen molar-refractivity contribution in [2.75, 3.05) is 5.32 Å². The predicted molar refractivity (Wildman–Crippen MR) is 72.0 cm³/mol. The third-order valence-electron chi connectivity index (χ3n) is 2.95. The third kappa shape index (κ3) is 3.87. The van der Waals surface area contributed by atoms with Gasteiger partial charge in [0.2, 0.25) is 0 Å². The van der Waals surface area contributed by atoms with E-state index < -0.39 is 12.7 Å². The highest BCUT2D eigenvalue weighted by Crippen LogP contribution is 2.18. The van der Waals surface area contributed by atoms with Crippen molar-refractivity contribution in [1.82, 2.24) is 14.1 Å². The molecule has 0 unspecified atom stereocenters. The zero-order chi connectivity index (χ0) is 15.5. The van der Waals surface area contributed by atoms with Crippen LogP contribution >= 0.6 is 0 Å². The van der Waals surface area contributed by atoms with Gasteiger partial charge in [-0.15, -0.1) is 0 Å². The molecule has 0 aliphatic heterocycles. The number of nitrogens with zero attached hydrogens (tertiary/aromatic N) is 3. The van der Waals surface area contributed by atoms with E-state index >= 15 is 0 Å². The van der Waals surface area contributed by atoms with Gasteiger partial charge in [0.25, 0.3) is 5.56 Å². The predicted octanol–water partition coefficient (Wildman–Crippen LogP) is 2.24. The first-order valence-corrected chi connectivity index (χ1v) is 6.41. The first-order valence-electron chi connectivity index (χ1n) is 6.41. The van der Waals surface area contributed by atoms with Crippen molar-refractivity contribution in [3.05, 3.63) is 46.9 Å². The lowest BCUT2D eigenvalue weighted by Gasteiger charge is -2.12. The first-order chi connectivity index (χ1) is 9.90. The number of hydrogen-bond acceptors (Lipinski definition) is 3. The van der Waals surface area contributed by atoms with Crippen LogP contribution in [0.15, 0.2) is 35.5 Å². The summed E-state index contributed by atoms with van der Waals surface area (Å²) < 4.78 is 39.7. The van der Waals surface area contributed by atoms with Gasteiger partial charge >= 0.3 is 6.18 Å². The smallest absolute Gasteiger partial charge is 0.373 e. The van der Waals surface area contributed by atoms with E-state index in [-0.39, 0.29) is 17.9 Å². The van der Waals surface area contributed by atoms with E-state index in [9.17, 15) is 18.0 Å². The highest BCUT2D eigenvalue weighted by molar-refractivity contribution is 5.40. The Morgan fingerprint density at radius 2 is 2.05 bits per heavy atom. The number of alkyl halides is 3. The largest absolute Gasteiger partial charge is 0.406 e. The number of hydrogen-bond donors (Lipinski definition) is 1. The maximum Gasteiger partial charge on any atom is 0.406 e. The van der Waals surface area contributed by atoms with Gasteiger partial charge in [-0.05, 0) is 19.1 Å². The summed E-state index contributed by atoms with van der Waals surface area (Å²) in [7, 11) is 0. The van der Waals surface area contributed by atoms with Crippen LogP contribution in [0.5, 0.6) is 0 Å². The molecule has 0 fully saturated rings. The van der Waals surface area contributed by atoms with E-state index in [4.69, 9.17) is 0 Å². The summed E-state index contributed by atoms with van der Waals surface area (Å²) in [6, 6.07) is 3.29. The standard InChI is InChI=1S/C13H15F3N4O/c1-2-19-6-3-4-10(12(19)21)18-8-11-17-5-7-20(11)9-13(14,15)16/h3-7,18H,2,8-9H2,1H3. The van der Waals surface area contributed by atoms with Gasteiger partial charge < -0.3 is 14.5 Å². The van der Waals surface area contributed by atoms with Gasteiger partial charge in [0.05, 0.1) is 6.54 Å². The lowest BCUT2D eigenvalue weighted by molar-refractivity contribution is -0.141. The molecule has 0 amide bonds. The molecule has 0 aliphatic carbocycles. The summed E-state index contributed by atoms with van der Waals surface area (Å²) in [5.74, 6) is 0.221. The van der Waals surface area contributed by atoms with E-state index in [1.54, 1.807) is 18.3 Å². The average molecular weight is 300 g/mol. The molecule has 0 bridgehead atoms. The number of anilines is 1. The van der Waals surface area contributed by atoms with Crippen LogP contribution in [0.3, 0.4) is 0 Å². The molecule has 0 atom stereocenters. The van der Waals surface area contributed by atoms with E-state index in [1.807, 2.05) is 6.92 Å².